The number of nitrogens with zero attached hydrogens (tertiary/aromatic N) is 2. The van der Waals surface area contributed by atoms with E-state index in [1.807, 2.05) is 35.1 Å². The molecule has 1 aromatic heterocycles. The summed E-state index contributed by atoms with van der Waals surface area (Å²) in [5.74, 6) is 0. The minimum Gasteiger partial charge on any atom is -0.396 e. The molecule has 0 aliphatic heterocycles. The molecule has 4 heteroatoms. The number of rotatable bonds is 7. The first-order valence-electron chi connectivity index (χ1n) is 7.85. The number of hydrogen-bond donors (Lipinski definition) is 2. The van der Waals surface area contributed by atoms with E-state index in [-0.39, 0.29) is 12.6 Å². The van der Waals surface area contributed by atoms with Crippen molar-refractivity contribution < 1.29 is 5.11 Å². The Morgan fingerprint density at radius 3 is 2.43 bits per heavy atom. The molecule has 23 heavy (non-hydrogen) atoms. The van der Waals surface area contributed by atoms with E-state index >= 15 is 0 Å². The van der Waals surface area contributed by atoms with Crippen molar-refractivity contribution in [3.63, 3.8) is 0 Å². The van der Waals surface area contributed by atoms with Crippen molar-refractivity contribution in [2.24, 2.45) is 0 Å². The minimum atomic E-state index is 0.159. The van der Waals surface area contributed by atoms with Gasteiger partial charge in [0, 0.05) is 31.6 Å². The number of nitrogens with one attached hydrogen (secondary N) is 1. The summed E-state index contributed by atoms with van der Waals surface area (Å²) in [6, 6.07) is 20.6. The lowest BCUT2D eigenvalue weighted by molar-refractivity contribution is 0.265. The molecule has 4 nitrogen and oxygen atoms in total. The first kappa shape index (κ1) is 15.5. The maximum absolute atomic E-state index is 9.29. The Balaban J connectivity index is 1.64. The van der Waals surface area contributed by atoms with E-state index in [1.165, 1.54) is 11.1 Å². The SMILES string of the molecule is OCC[C@@H](NCc1ccc(-n2cccn2)cc1)c1ccccc1. The fourth-order valence-electron chi connectivity index (χ4n) is 2.63. The lowest BCUT2D eigenvalue weighted by atomic mass is 10.0. The maximum Gasteiger partial charge on any atom is 0.0645 e. The molecule has 0 unspecified atom stereocenters. The zero-order valence-electron chi connectivity index (χ0n) is 13.0. The van der Waals surface area contributed by atoms with Crippen LogP contribution in [0.25, 0.3) is 5.69 Å². The van der Waals surface area contributed by atoms with Gasteiger partial charge in [0.05, 0.1) is 5.69 Å². The van der Waals surface area contributed by atoms with Crippen LogP contribution in [0.3, 0.4) is 0 Å². The van der Waals surface area contributed by atoms with Crippen molar-refractivity contribution in [1.29, 1.82) is 0 Å². The van der Waals surface area contributed by atoms with Crippen LogP contribution in [0.5, 0.6) is 0 Å². The lowest BCUT2D eigenvalue weighted by Gasteiger charge is -2.18. The van der Waals surface area contributed by atoms with E-state index < -0.39 is 0 Å². The van der Waals surface area contributed by atoms with Crippen LogP contribution in [-0.4, -0.2) is 21.5 Å². The number of aliphatic hydroxyl groups excluding tert-OH is 1. The van der Waals surface area contributed by atoms with Crippen LogP contribution in [0.2, 0.25) is 0 Å². The van der Waals surface area contributed by atoms with E-state index in [2.05, 4.69) is 46.8 Å². The van der Waals surface area contributed by atoms with Crippen molar-refractivity contribution in [2.45, 2.75) is 19.0 Å². The zero-order chi connectivity index (χ0) is 15.9. The summed E-state index contributed by atoms with van der Waals surface area (Å²) in [5.41, 5.74) is 3.46. The van der Waals surface area contributed by atoms with Crippen LogP contribution in [0.4, 0.5) is 0 Å². The van der Waals surface area contributed by atoms with Crippen molar-refractivity contribution in [1.82, 2.24) is 15.1 Å². The first-order valence-corrected chi connectivity index (χ1v) is 7.85. The van der Waals surface area contributed by atoms with E-state index in [9.17, 15) is 5.11 Å². The monoisotopic (exact) mass is 307 g/mol. The van der Waals surface area contributed by atoms with Crippen LogP contribution >= 0.6 is 0 Å². The summed E-state index contributed by atoms with van der Waals surface area (Å²) in [6.45, 7) is 0.934. The quantitative estimate of drug-likeness (QED) is 0.705. The summed E-state index contributed by atoms with van der Waals surface area (Å²) in [7, 11) is 0. The average Bonchev–Trinajstić information content (AvgIpc) is 3.14. The van der Waals surface area contributed by atoms with Gasteiger partial charge in [0.1, 0.15) is 0 Å². The Morgan fingerprint density at radius 1 is 1.00 bits per heavy atom. The van der Waals surface area contributed by atoms with Gasteiger partial charge in [0.25, 0.3) is 0 Å². The lowest BCUT2D eigenvalue weighted by Crippen LogP contribution is -2.22. The number of hydrogen-bond acceptors (Lipinski definition) is 3. The Bertz CT molecular complexity index is 693. The topological polar surface area (TPSA) is 50.1 Å². The molecule has 2 aromatic carbocycles. The fraction of sp³-hybridized carbons (Fsp3) is 0.211. The molecule has 2 N–H and O–H groups in total. The number of benzene rings is 2. The molecule has 0 amide bonds. The van der Waals surface area contributed by atoms with Crippen LogP contribution in [-0.2, 0) is 6.54 Å². The molecule has 1 heterocycles. The van der Waals surface area contributed by atoms with Crippen molar-refractivity contribution in [3.8, 4) is 5.69 Å². The summed E-state index contributed by atoms with van der Waals surface area (Å²) in [4.78, 5) is 0. The molecular formula is C19H21N3O. The second kappa shape index (κ2) is 7.72. The van der Waals surface area contributed by atoms with E-state index in [0.29, 0.717) is 6.42 Å². The molecule has 3 aromatic rings. The smallest absolute Gasteiger partial charge is 0.0645 e. The standard InChI is InChI=1S/C19H21N3O/c23-14-11-19(17-5-2-1-3-6-17)20-15-16-7-9-18(10-8-16)22-13-4-12-21-22/h1-10,12-13,19-20,23H,11,14-15H2/t19-/m1/s1. The summed E-state index contributed by atoms with van der Waals surface area (Å²) < 4.78 is 1.84. The largest absolute Gasteiger partial charge is 0.396 e. The van der Waals surface area contributed by atoms with Crippen molar-refractivity contribution in [3.05, 3.63) is 84.2 Å². The highest BCUT2D eigenvalue weighted by Crippen LogP contribution is 2.17. The van der Waals surface area contributed by atoms with Gasteiger partial charge in [-0.15, -0.1) is 0 Å². The number of aliphatic hydroxyl groups is 1. The zero-order valence-corrected chi connectivity index (χ0v) is 13.0. The van der Waals surface area contributed by atoms with E-state index in [1.54, 1.807) is 6.20 Å². The molecule has 0 radical (unpaired) electrons. The highest BCUT2D eigenvalue weighted by atomic mass is 16.3. The molecule has 0 fully saturated rings. The van der Waals surface area contributed by atoms with Gasteiger partial charge in [0.2, 0.25) is 0 Å². The van der Waals surface area contributed by atoms with Crippen molar-refractivity contribution >= 4 is 0 Å². The van der Waals surface area contributed by atoms with Crippen LogP contribution in [0.1, 0.15) is 23.6 Å². The molecular weight excluding hydrogens is 286 g/mol. The van der Waals surface area contributed by atoms with Gasteiger partial charge in [-0.25, -0.2) is 4.68 Å². The molecule has 0 bridgehead atoms. The van der Waals surface area contributed by atoms with Gasteiger partial charge < -0.3 is 10.4 Å². The molecule has 118 valence electrons. The molecule has 3 rings (SSSR count). The second-order valence-corrected chi connectivity index (χ2v) is 5.47. The third kappa shape index (κ3) is 4.06. The highest BCUT2D eigenvalue weighted by molar-refractivity contribution is 5.33. The fourth-order valence-corrected chi connectivity index (χ4v) is 2.63. The van der Waals surface area contributed by atoms with Gasteiger partial charge in [-0.2, -0.15) is 5.10 Å². The predicted octanol–water partition coefficient (Wildman–Crippen LogP) is 3.09. The molecule has 0 saturated carbocycles. The summed E-state index contributed by atoms with van der Waals surface area (Å²) >= 11 is 0. The van der Waals surface area contributed by atoms with Gasteiger partial charge >= 0.3 is 0 Å². The Morgan fingerprint density at radius 2 is 1.78 bits per heavy atom. The molecule has 0 aliphatic rings. The Hall–Kier alpha value is -2.43. The van der Waals surface area contributed by atoms with E-state index in [4.69, 9.17) is 0 Å². The molecule has 1 atom stereocenters. The third-order valence-electron chi connectivity index (χ3n) is 3.88. The molecule has 0 saturated heterocycles. The second-order valence-electron chi connectivity index (χ2n) is 5.47. The summed E-state index contributed by atoms with van der Waals surface area (Å²) in [6.07, 6.45) is 4.41. The summed E-state index contributed by atoms with van der Waals surface area (Å²) in [5, 5.41) is 17.0. The third-order valence-corrected chi connectivity index (χ3v) is 3.88. The average molecular weight is 307 g/mol. The Kier molecular flexibility index (Phi) is 5.19. The van der Waals surface area contributed by atoms with Gasteiger partial charge in [0.15, 0.2) is 0 Å². The minimum absolute atomic E-state index is 0.159. The van der Waals surface area contributed by atoms with Crippen LogP contribution in [0, 0.1) is 0 Å². The van der Waals surface area contributed by atoms with Gasteiger partial charge in [-0.1, -0.05) is 42.5 Å². The van der Waals surface area contributed by atoms with E-state index in [0.717, 1.165) is 12.2 Å². The van der Waals surface area contributed by atoms with Crippen LogP contribution in [0.15, 0.2) is 73.1 Å². The highest BCUT2D eigenvalue weighted by Gasteiger charge is 2.09. The normalized spacial score (nSPS) is 12.2. The predicted molar refractivity (Wildman–Crippen MR) is 91.3 cm³/mol. The van der Waals surface area contributed by atoms with Crippen LogP contribution < -0.4 is 5.32 Å². The molecule has 0 aliphatic carbocycles. The van der Waals surface area contributed by atoms with Gasteiger partial charge in [-0.05, 0) is 35.7 Å². The maximum atomic E-state index is 9.29. The van der Waals surface area contributed by atoms with Crippen molar-refractivity contribution in [2.75, 3.05) is 6.61 Å². The number of aromatic nitrogens is 2. The van der Waals surface area contributed by atoms with Gasteiger partial charge in [-0.3, -0.25) is 0 Å². The molecule has 0 spiro atoms. The Labute approximate surface area is 136 Å². The first-order chi connectivity index (χ1) is 11.4.